The monoisotopic (exact) mass is 439 g/mol. The summed E-state index contributed by atoms with van der Waals surface area (Å²) in [5.41, 5.74) is 0.653. The molecule has 2 aromatic rings. The number of hydrogen-bond acceptors (Lipinski definition) is 6. The number of anilines is 1. The van der Waals surface area contributed by atoms with Crippen molar-refractivity contribution in [1.29, 1.82) is 0 Å². The number of hydrogen-bond donors (Lipinski definition) is 1. The van der Waals surface area contributed by atoms with E-state index in [4.69, 9.17) is 42.1 Å². The van der Waals surface area contributed by atoms with Gasteiger partial charge in [0.2, 0.25) is 0 Å². The van der Waals surface area contributed by atoms with E-state index >= 15 is 0 Å². The smallest absolute Gasteiger partial charge is 0.338 e. The van der Waals surface area contributed by atoms with E-state index in [0.717, 1.165) is 0 Å². The molecule has 7 nitrogen and oxygen atoms in total. The first-order valence-electron chi connectivity index (χ1n) is 8.28. The third-order valence-corrected chi connectivity index (χ3v) is 3.90. The first-order valence-corrected chi connectivity index (χ1v) is 9.04. The van der Waals surface area contributed by atoms with Crippen LogP contribution in [0.25, 0.3) is 0 Å². The van der Waals surface area contributed by atoms with Gasteiger partial charge in [-0.05, 0) is 36.4 Å². The van der Waals surface area contributed by atoms with Gasteiger partial charge in [-0.1, -0.05) is 29.8 Å². The van der Waals surface area contributed by atoms with E-state index in [1.165, 1.54) is 32.4 Å². The molecule has 0 aliphatic rings. The molecule has 154 valence electrons. The molecular formula is C20H19Cl2NO6. The summed E-state index contributed by atoms with van der Waals surface area (Å²) in [5.74, 6) is -0.0294. The first-order chi connectivity index (χ1) is 13.8. The molecule has 0 bridgehead atoms. The highest BCUT2D eigenvalue weighted by molar-refractivity contribution is 6.31. The average Bonchev–Trinajstić information content (AvgIpc) is 2.70. The van der Waals surface area contributed by atoms with E-state index in [0.29, 0.717) is 16.5 Å². The summed E-state index contributed by atoms with van der Waals surface area (Å²) in [4.78, 5) is 24.2. The Morgan fingerprint density at radius 2 is 1.69 bits per heavy atom. The molecule has 1 N–H and O–H groups in total. The second-order valence-corrected chi connectivity index (χ2v) is 6.61. The van der Waals surface area contributed by atoms with Gasteiger partial charge in [-0.2, -0.15) is 0 Å². The Hall–Kier alpha value is -2.90. The highest BCUT2D eigenvalue weighted by atomic mass is 35.5. The molecule has 0 saturated carbocycles. The molecule has 0 aromatic heterocycles. The van der Waals surface area contributed by atoms with E-state index in [1.54, 1.807) is 18.2 Å². The second-order valence-electron chi connectivity index (χ2n) is 5.64. The largest absolute Gasteiger partial charge is 0.495 e. The normalized spacial score (nSPS) is 10.1. The number of halogens is 2. The third kappa shape index (κ3) is 6.58. The summed E-state index contributed by atoms with van der Waals surface area (Å²) < 4.78 is 20.9. The standard InChI is InChI=1S/C20H19Cl2NO6/c1-12(21)10-29-20(25)13-4-6-17(18(8-13)27-3)28-11-19(24)23-15-9-14(22)5-7-16(15)26-2/h4-9H,1,10-11H2,2-3H3,(H,23,24). The van der Waals surface area contributed by atoms with Crippen LogP contribution in [0.2, 0.25) is 5.02 Å². The predicted octanol–water partition coefficient (Wildman–Crippen LogP) is 4.28. The lowest BCUT2D eigenvalue weighted by molar-refractivity contribution is -0.118. The lowest BCUT2D eigenvalue weighted by atomic mass is 10.2. The Balaban J connectivity index is 2.02. The van der Waals surface area contributed by atoms with Gasteiger partial charge in [0.1, 0.15) is 12.4 Å². The van der Waals surface area contributed by atoms with E-state index in [1.807, 2.05) is 0 Å². The summed E-state index contributed by atoms with van der Waals surface area (Å²) in [7, 11) is 2.89. The number of ether oxygens (including phenoxy) is 4. The van der Waals surface area contributed by atoms with Gasteiger partial charge in [0, 0.05) is 10.1 Å². The summed E-state index contributed by atoms with van der Waals surface area (Å²) in [6, 6.07) is 9.26. The third-order valence-electron chi connectivity index (χ3n) is 3.55. The zero-order valence-corrected chi connectivity index (χ0v) is 17.3. The molecule has 0 atom stereocenters. The molecule has 0 fully saturated rings. The van der Waals surface area contributed by atoms with Crippen LogP contribution in [0.4, 0.5) is 5.69 Å². The molecule has 0 radical (unpaired) electrons. The number of benzene rings is 2. The van der Waals surface area contributed by atoms with Crippen LogP contribution >= 0.6 is 23.2 Å². The summed E-state index contributed by atoms with van der Waals surface area (Å²) in [5, 5.41) is 3.31. The van der Waals surface area contributed by atoms with E-state index < -0.39 is 11.9 Å². The summed E-state index contributed by atoms with van der Waals surface area (Å²) in [6.07, 6.45) is 0. The molecule has 0 spiro atoms. The minimum atomic E-state index is -0.595. The molecule has 0 aliphatic carbocycles. The highest BCUT2D eigenvalue weighted by Crippen LogP contribution is 2.29. The van der Waals surface area contributed by atoms with Crippen LogP contribution in [0.5, 0.6) is 17.2 Å². The van der Waals surface area contributed by atoms with Crippen LogP contribution in [0, 0.1) is 0 Å². The van der Waals surface area contributed by atoms with Crippen molar-refractivity contribution in [2.75, 3.05) is 32.8 Å². The highest BCUT2D eigenvalue weighted by Gasteiger charge is 2.14. The Bertz CT molecular complexity index is 916. The van der Waals surface area contributed by atoms with Crippen molar-refractivity contribution in [3.05, 3.63) is 58.6 Å². The van der Waals surface area contributed by atoms with Crippen molar-refractivity contribution < 1.29 is 28.5 Å². The van der Waals surface area contributed by atoms with Gasteiger partial charge in [-0.15, -0.1) is 0 Å². The van der Waals surface area contributed by atoms with Crippen LogP contribution in [-0.2, 0) is 9.53 Å². The van der Waals surface area contributed by atoms with Crippen molar-refractivity contribution in [2.45, 2.75) is 0 Å². The molecule has 2 rings (SSSR count). The molecular weight excluding hydrogens is 421 g/mol. The Labute approximate surface area is 178 Å². The fourth-order valence-electron chi connectivity index (χ4n) is 2.25. The molecule has 0 aliphatic heterocycles. The fraction of sp³-hybridized carbons (Fsp3) is 0.200. The van der Waals surface area contributed by atoms with Gasteiger partial charge in [0.05, 0.1) is 25.5 Å². The second kappa shape index (κ2) is 10.6. The average molecular weight is 440 g/mol. The number of rotatable bonds is 9. The maximum Gasteiger partial charge on any atom is 0.338 e. The number of amides is 1. The van der Waals surface area contributed by atoms with E-state index in [2.05, 4.69) is 11.9 Å². The fourth-order valence-corrected chi connectivity index (χ4v) is 2.48. The molecule has 9 heteroatoms. The van der Waals surface area contributed by atoms with Crippen molar-refractivity contribution in [3.8, 4) is 17.2 Å². The van der Waals surface area contributed by atoms with Gasteiger partial charge in [0.15, 0.2) is 18.1 Å². The lowest BCUT2D eigenvalue weighted by Crippen LogP contribution is -2.20. The van der Waals surface area contributed by atoms with Crippen molar-refractivity contribution in [3.63, 3.8) is 0 Å². The number of carbonyl (C=O) groups is 2. The van der Waals surface area contributed by atoms with Crippen LogP contribution in [0.3, 0.4) is 0 Å². The number of esters is 1. The lowest BCUT2D eigenvalue weighted by Gasteiger charge is -2.13. The summed E-state index contributed by atoms with van der Waals surface area (Å²) in [6.45, 7) is 3.04. The topological polar surface area (TPSA) is 83.1 Å². The van der Waals surface area contributed by atoms with Crippen LogP contribution < -0.4 is 19.5 Å². The molecule has 1 amide bonds. The van der Waals surface area contributed by atoms with Gasteiger partial charge in [-0.25, -0.2) is 4.79 Å². The van der Waals surface area contributed by atoms with Crippen LogP contribution in [0.1, 0.15) is 10.4 Å². The van der Waals surface area contributed by atoms with Crippen molar-refractivity contribution in [1.82, 2.24) is 0 Å². The molecule has 0 heterocycles. The quantitative estimate of drug-likeness (QED) is 0.586. The van der Waals surface area contributed by atoms with E-state index in [-0.39, 0.29) is 35.3 Å². The zero-order chi connectivity index (χ0) is 21.4. The molecule has 29 heavy (non-hydrogen) atoms. The van der Waals surface area contributed by atoms with E-state index in [9.17, 15) is 9.59 Å². The number of nitrogens with one attached hydrogen (secondary N) is 1. The Morgan fingerprint density at radius 3 is 2.34 bits per heavy atom. The van der Waals surface area contributed by atoms with Gasteiger partial charge in [0.25, 0.3) is 5.91 Å². The number of methoxy groups -OCH3 is 2. The molecule has 0 unspecified atom stereocenters. The molecule has 0 saturated heterocycles. The molecule has 2 aromatic carbocycles. The minimum Gasteiger partial charge on any atom is -0.495 e. The van der Waals surface area contributed by atoms with Crippen LogP contribution in [0.15, 0.2) is 48.0 Å². The van der Waals surface area contributed by atoms with Gasteiger partial charge in [-0.3, -0.25) is 4.79 Å². The minimum absolute atomic E-state index is 0.103. The SMILES string of the molecule is C=C(Cl)COC(=O)c1ccc(OCC(=O)Nc2cc(Cl)ccc2OC)c(OC)c1. The number of carbonyl (C=O) groups excluding carboxylic acids is 2. The first kappa shape index (κ1) is 22.4. The van der Waals surface area contributed by atoms with Crippen LogP contribution in [-0.4, -0.2) is 39.3 Å². The predicted molar refractivity (Wildman–Crippen MR) is 110 cm³/mol. The van der Waals surface area contributed by atoms with Crippen molar-refractivity contribution >= 4 is 40.8 Å². The van der Waals surface area contributed by atoms with Gasteiger partial charge < -0.3 is 24.3 Å². The summed E-state index contributed by atoms with van der Waals surface area (Å²) >= 11 is 11.5. The Morgan fingerprint density at radius 1 is 1.00 bits per heavy atom. The van der Waals surface area contributed by atoms with Gasteiger partial charge >= 0.3 is 5.97 Å². The Kier molecular flexibility index (Phi) is 8.18. The maximum atomic E-state index is 12.2. The maximum absolute atomic E-state index is 12.2. The van der Waals surface area contributed by atoms with Crippen molar-refractivity contribution in [2.24, 2.45) is 0 Å². The zero-order valence-electron chi connectivity index (χ0n) is 15.8.